The number of hydrogen-bond donors (Lipinski definition) is 0. The van der Waals surface area contributed by atoms with Crippen molar-refractivity contribution in [2.75, 3.05) is 0 Å². The van der Waals surface area contributed by atoms with Crippen LogP contribution in [0.1, 0.15) is 27.8 Å². The van der Waals surface area contributed by atoms with E-state index in [9.17, 15) is 0 Å². The molecule has 2 aromatic carbocycles. The molecule has 0 heteroatoms. The van der Waals surface area contributed by atoms with Crippen molar-refractivity contribution in [2.24, 2.45) is 0 Å². The fraction of sp³-hybridized carbons (Fsp3) is 0.294. The van der Waals surface area contributed by atoms with Crippen LogP contribution in [0.5, 0.6) is 0 Å². The van der Waals surface area contributed by atoms with Gasteiger partial charge in [0.25, 0.3) is 0 Å². The van der Waals surface area contributed by atoms with Gasteiger partial charge < -0.3 is 0 Å². The Morgan fingerprint density at radius 1 is 0.647 bits per heavy atom. The summed E-state index contributed by atoms with van der Waals surface area (Å²) in [4.78, 5) is 0. The smallest absolute Gasteiger partial charge is 0.0238 e. The van der Waals surface area contributed by atoms with Crippen molar-refractivity contribution in [3.63, 3.8) is 0 Å². The Labute approximate surface area is 104 Å². The van der Waals surface area contributed by atoms with E-state index in [1.165, 1.54) is 40.7 Å². The van der Waals surface area contributed by atoms with E-state index in [-0.39, 0.29) is 0 Å². The first-order valence-electron chi connectivity index (χ1n) is 6.26. The minimum Gasteiger partial charge on any atom is -0.0617 e. The second kappa shape index (κ2) is 5.18. The average Bonchev–Trinajstić information content (AvgIpc) is 2.58. The van der Waals surface area contributed by atoms with Crippen LogP contribution in [0.3, 0.4) is 0 Å². The molecule has 1 aliphatic rings. The fourth-order valence-corrected chi connectivity index (χ4v) is 2.33. The molecule has 0 spiro atoms. The Morgan fingerprint density at radius 3 is 1.59 bits per heavy atom. The maximum absolute atomic E-state index is 2.30. The van der Waals surface area contributed by atoms with Gasteiger partial charge in [-0.15, -0.1) is 0 Å². The summed E-state index contributed by atoms with van der Waals surface area (Å²) in [5.74, 6) is 0. The minimum atomic E-state index is 1.27. The Hall–Kier alpha value is -1.56. The molecule has 0 radical (unpaired) electrons. The van der Waals surface area contributed by atoms with Gasteiger partial charge in [0, 0.05) is 0 Å². The Kier molecular flexibility index (Phi) is 3.63. The Bertz CT molecular complexity index is 470. The molecule has 0 saturated carbocycles. The zero-order chi connectivity index (χ0) is 12.3. The lowest BCUT2D eigenvalue weighted by atomic mass is 10.2. The van der Waals surface area contributed by atoms with Gasteiger partial charge >= 0.3 is 0 Å². The van der Waals surface area contributed by atoms with Gasteiger partial charge in [-0.25, -0.2) is 0 Å². The van der Waals surface area contributed by atoms with Gasteiger partial charge in [0.2, 0.25) is 0 Å². The van der Waals surface area contributed by atoms with Crippen LogP contribution in [-0.2, 0) is 12.8 Å². The Balaban J connectivity index is 0.000000128. The van der Waals surface area contributed by atoms with Gasteiger partial charge in [0.1, 0.15) is 0 Å². The zero-order valence-corrected chi connectivity index (χ0v) is 11.0. The predicted molar refractivity (Wildman–Crippen MR) is 74.5 cm³/mol. The van der Waals surface area contributed by atoms with Gasteiger partial charge in [-0.3, -0.25) is 0 Å². The molecule has 0 fully saturated rings. The summed E-state index contributed by atoms with van der Waals surface area (Å²) < 4.78 is 0. The molecule has 0 nitrogen and oxygen atoms in total. The largest absolute Gasteiger partial charge is 0.0617 e. The van der Waals surface area contributed by atoms with Crippen molar-refractivity contribution in [1.29, 1.82) is 0 Å². The summed E-state index contributed by atoms with van der Waals surface area (Å²) in [5, 5.41) is 0. The van der Waals surface area contributed by atoms with Gasteiger partial charge in [-0.05, 0) is 44.7 Å². The molecule has 3 rings (SSSR count). The highest BCUT2D eigenvalue weighted by Gasteiger charge is 2.05. The number of fused-ring (bicyclic) bond motifs is 2. The molecular weight excluding hydrogens is 204 g/mol. The highest BCUT2D eigenvalue weighted by molar-refractivity contribution is 5.34. The molecule has 17 heavy (non-hydrogen) atoms. The summed E-state index contributed by atoms with van der Waals surface area (Å²) in [6, 6.07) is 15.3. The lowest BCUT2D eigenvalue weighted by Gasteiger charge is -1.91. The van der Waals surface area contributed by atoms with Crippen LogP contribution in [0.4, 0.5) is 0 Å². The zero-order valence-electron chi connectivity index (χ0n) is 11.0. The fourth-order valence-electron chi connectivity index (χ4n) is 2.33. The van der Waals surface area contributed by atoms with E-state index in [4.69, 9.17) is 0 Å². The van der Waals surface area contributed by atoms with E-state index in [1.54, 1.807) is 0 Å². The molecular formula is C17H20. The van der Waals surface area contributed by atoms with Crippen LogP contribution >= 0.6 is 0 Å². The summed E-state index contributed by atoms with van der Waals surface area (Å²) in [5.41, 5.74) is 7.13. The number of aryl methyl sites for hydroxylation is 5. The molecule has 0 aromatic heterocycles. The number of rotatable bonds is 0. The topological polar surface area (TPSA) is 0 Å². The van der Waals surface area contributed by atoms with Crippen molar-refractivity contribution in [2.45, 2.75) is 33.6 Å². The number of hydrogen-bond acceptors (Lipinski definition) is 0. The normalized spacial score (nSPS) is 11.9. The van der Waals surface area contributed by atoms with Crippen molar-refractivity contribution >= 4 is 0 Å². The molecule has 2 bridgehead atoms. The highest BCUT2D eigenvalue weighted by atomic mass is 14.1. The second-order valence-corrected chi connectivity index (χ2v) is 4.99. The quantitative estimate of drug-likeness (QED) is 0.622. The third kappa shape index (κ3) is 3.45. The molecule has 0 aliphatic heterocycles. The number of benzene rings is 2. The molecule has 0 atom stereocenters. The molecule has 0 N–H and O–H groups in total. The first-order chi connectivity index (χ1) is 8.13. The molecule has 0 unspecified atom stereocenters. The summed E-state index contributed by atoms with van der Waals surface area (Å²) >= 11 is 0. The van der Waals surface area contributed by atoms with E-state index in [0.717, 1.165) is 0 Å². The van der Waals surface area contributed by atoms with E-state index < -0.39 is 0 Å². The molecule has 2 aromatic rings. The monoisotopic (exact) mass is 224 g/mol. The van der Waals surface area contributed by atoms with Crippen LogP contribution < -0.4 is 0 Å². The summed E-state index contributed by atoms with van der Waals surface area (Å²) in [6.07, 6.45) is 2.53. The Morgan fingerprint density at radius 2 is 1.18 bits per heavy atom. The second-order valence-electron chi connectivity index (χ2n) is 4.99. The third-order valence-corrected chi connectivity index (χ3v) is 3.07. The first-order valence-corrected chi connectivity index (χ1v) is 6.26. The predicted octanol–water partition coefficient (Wildman–Crippen LogP) is 4.40. The highest BCUT2D eigenvalue weighted by Crippen LogP contribution is 2.18. The van der Waals surface area contributed by atoms with Crippen LogP contribution in [0.25, 0.3) is 0 Å². The molecule has 0 saturated heterocycles. The summed E-state index contributed by atoms with van der Waals surface area (Å²) in [6.45, 7) is 6.37. The minimum absolute atomic E-state index is 1.27. The van der Waals surface area contributed by atoms with Crippen LogP contribution in [0, 0.1) is 20.8 Å². The molecule has 1 aliphatic carbocycles. The van der Waals surface area contributed by atoms with Crippen molar-refractivity contribution < 1.29 is 0 Å². The standard InChI is InChI=1S/C9H10.C8H10/c1-7-4-8-2-3-9(5-7)6-8;1-7-4-3-5-8(2)6-7/h4-6H,2-3H2,1H3;3-6H,1-2H3. The van der Waals surface area contributed by atoms with Crippen molar-refractivity contribution in [3.8, 4) is 0 Å². The van der Waals surface area contributed by atoms with E-state index in [0.29, 0.717) is 0 Å². The molecule has 0 amide bonds. The van der Waals surface area contributed by atoms with Crippen molar-refractivity contribution in [1.82, 2.24) is 0 Å². The van der Waals surface area contributed by atoms with E-state index >= 15 is 0 Å². The SMILES string of the molecule is Cc1cc2cc(c1)CC2.Cc1cccc(C)c1. The van der Waals surface area contributed by atoms with Gasteiger partial charge in [0.15, 0.2) is 0 Å². The van der Waals surface area contributed by atoms with Gasteiger partial charge in [-0.2, -0.15) is 0 Å². The maximum atomic E-state index is 2.30. The lowest BCUT2D eigenvalue weighted by molar-refractivity contribution is 1.03. The third-order valence-electron chi connectivity index (χ3n) is 3.07. The van der Waals surface area contributed by atoms with Gasteiger partial charge in [-0.1, -0.05) is 59.2 Å². The van der Waals surface area contributed by atoms with Gasteiger partial charge in [0.05, 0.1) is 0 Å². The van der Waals surface area contributed by atoms with Crippen molar-refractivity contribution in [3.05, 3.63) is 70.3 Å². The molecule has 88 valence electrons. The van der Waals surface area contributed by atoms with Crippen LogP contribution in [0.15, 0.2) is 42.5 Å². The lowest BCUT2D eigenvalue weighted by Crippen LogP contribution is -1.72. The first kappa shape index (κ1) is 11.9. The van der Waals surface area contributed by atoms with E-state index in [2.05, 4.69) is 63.2 Å². The van der Waals surface area contributed by atoms with Crippen LogP contribution in [-0.4, -0.2) is 0 Å². The molecule has 0 heterocycles. The summed E-state index contributed by atoms with van der Waals surface area (Å²) in [7, 11) is 0. The maximum Gasteiger partial charge on any atom is -0.0238 e. The van der Waals surface area contributed by atoms with E-state index in [1.807, 2.05) is 0 Å². The average molecular weight is 224 g/mol. The van der Waals surface area contributed by atoms with Crippen LogP contribution in [0.2, 0.25) is 0 Å².